The highest BCUT2D eigenvalue weighted by atomic mass is 19.3. The Bertz CT molecular complexity index is 401. The Balaban J connectivity index is 2.91. The summed E-state index contributed by atoms with van der Waals surface area (Å²) in [6, 6.07) is 6.74. The largest absolute Gasteiger partial charge is 0.491 e. The first kappa shape index (κ1) is 16.9. The van der Waals surface area contributed by atoms with Gasteiger partial charge in [-0.1, -0.05) is 26.0 Å². The van der Waals surface area contributed by atoms with Gasteiger partial charge < -0.3 is 9.84 Å². The van der Waals surface area contributed by atoms with Crippen LogP contribution in [0.5, 0.6) is 5.75 Å². The lowest BCUT2D eigenvalue weighted by Crippen LogP contribution is -2.36. The predicted octanol–water partition coefficient (Wildman–Crippen LogP) is 4.36. The number of ether oxygens (including phenoxy) is 1. The number of benzene rings is 1. The first-order chi connectivity index (χ1) is 9.32. The summed E-state index contributed by atoms with van der Waals surface area (Å²) in [5.41, 5.74) is -1.06. The number of aliphatic hydroxyl groups is 1. The van der Waals surface area contributed by atoms with Crippen molar-refractivity contribution in [3.05, 3.63) is 29.8 Å². The van der Waals surface area contributed by atoms with Crippen LogP contribution in [0.2, 0.25) is 0 Å². The summed E-state index contributed by atoms with van der Waals surface area (Å²) in [6.45, 7) is 7.09. The Morgan fingerprint density at radius 3 is 2.10 bits per heavy atom. The van der Waals surface area contributed by atoms with Crippen LogP contribution in [0.1, 0.15) is 46.1 Å². The van der Waals surface area contributed by atoms with Crippen molar-refractivity contribution < 1.29 is 18.6 Å². The fourth-order valence-electron chi connectivity index (χ4n) is 2.22. The minimum absolute atomic E-state index is 0.103. The summed E-state index contributed by atoms with van der Waals surface area (Å²) in [6.07, 6.45) is -1.34. The SMILES string of the molecule is CCC(C)Oc1ccc(C(C)(O)C(CC)C(F)F)cc1. The minimum atomic E-state index is -2.55. The molecule has 114 valence electrons. The first-order valence-electron chi connectivity index (χ1n) is 7.10. The second-order valence-corrected chi connectivity index (χ2v) is 5.36. The van der Waals surface area contributed by atoms with Crippen molar-refractivity contribution >= 4 is 0 Å². The molecule has 0 saturated carbocycles. The summed E-state index contributed by atoms with van der Waals surface area (Å²) in [5, 5.41) is 10.4. The van der Waals surface area contributed by atoms with Gasteiger partial charge in [0.2, 0.25) is 6.43 Å². The van der Waals surface area contributed by atoms with Crippen molar-refractivity contribution in [2.24, 2.45) is 5.92 Å². The van der Waals surface area contributed by atoms with Gasteiger partial charge >= 0.3 is 0 Å². The van der Waals surface area contributed by atoms with E-state index in [0.717, 1.165) is 6.42 Å². The third-order valence-corrected chi connectivity index (χ3v) is 3.82. The Kier molecular flexibility index (Phi) is 5.93. The molecule has 0 aliphatic heterocycles. The molecule has 1 N–H and O–H groups in total. The molecule has 20 heavy (non-hydrogen) atoms. The van der Waals surface area contributed by atoms with Crippen molar-refractivity contribution in [1.29, 1.82) is 0 Å². The van der Waals surface area contributed by atoms with Gasteiger partial charge in [0.05, 0.1) is 17.6 Å². The molecule has 1 rings (SSSR count). The highest BCUT2D eigenvalue weighted by Gasteiger charge is 2.38. The number of halogens is 2. The molecule has 0 aliphatic rings. The van der Waals surface area contributed by atoms with Crippen LogP contribution in [-0.4, -0.2) is 17.6 Å². The van der Waals surface area contributed by atoms with Gasteiger partial charge in [0.15, 0.2) is 0 Å². The highest BCUT2D eigenvalue weighted by molar-refractivity contribution is 5.31. The van der Waals surface area contributed by atoms with Crippen molar-refractivity contribution in [2.75, 3.05) is 0 Å². The van der Waals surface area contributed by atoms with Crippen LogP contribution in [0.4, 0.5) is 8.78 Å². The van der Waals surface area contributed by atoms with E-state index in [9.17, 15) is 13.9 Å². The van der Waals surface area contributed by atoms with Crippen LogP contribution in [0, 0.1) is 5.92 Å². The van der Waals surface area contributed by atoms with Gasteiger partial charge in [0.25, 0.3) is 0 Å². The Hall–Kier alpha value is -1.16. The van der Waals surface area contributed by atoms with E-state index >= 15 is 0 Å². The summed E-state index contributed by atoms with van der Waals surface area (Å²) in [7, 11) is 0. The fraction of sp³-hybridized carbons (Fsp3) is 0.625. The molecule has 0 fully saturated rings. The molecule has 4 heteroatoms. The van der Waals surface area contributed by atoms with Gasteiger partial charge in [-0.25, -0.2) is 8.78 Å². The summed E-state index contributed by atoms with van der Waals surface area (Å²) in [5.74, 6) is -0.396. The summed E-state index contributed by atoms with van der Waals surface area (Å²) in [4.78, 5) is 0. The molecule has 0 amide bonds. The number of hydrogen-bond acceptors (Lipinski definition) is 2. The molecule has 0 saturated heterocycles. The van der Waals surface area contributed by atoms with E-state index in [-0.39, 0.29) is 12.5 Å². The fourth-order valence-corrected chi connectivity index (χ4v) is 2.22. The molecule has 3 atom stereocenters. The number of rotatable bonds is 7. The van der Waals surface area contributed by atoms with E-state index in [4.69, 9.17) is 4.74 Å². The third kappa shape index (κ3) is 3.92. The Labute approximate surface area is 119 Å². The maximum absolute atomic E-state index is 13.0. The first-order valence-corrected chi connectivity index (χ1v) is 7.10. The van der Waals surface area contributed by atoms with E-state index < -0.39 is 17.9 Å². The molecule has 0 radical (unpaired) electrons. The van der Waals surface area contributed by atoms with Crippen LogP contribution >= 0.6 is 0 Å². The predicted molar refractivity (Wildman–Crippen MR) is 76.2 cm³/mol. The van der Waals surface area contributed by atoms with Gasteiger partial charge in [0.1, 0.15) is 5.75 Å². The zero-order chi connectivity index (χ0) is 15.3. The zero-order valence-corrected chi connectivity index (χ0v) is 12.6. The lowest BCUT2D eigenvalue weighted by molar-refractivity contribution is -0.0798. The van der Waals surface area contributed by atoms with Crippen molar-refractivity contribution in [1.82, 2.24) is 0 Å². The molecule has 3 unspecified atom stereocenters. The maximum atomic E-state index is 13.0. The van der Waals surface area contributed by atoms with Gasteiger partial charge in [0, 0.05) is 0 Å². The smallest absolute Gasteiger partial charge is 0.244 e. The molecule has 1 aromatic carbocycles. The van der Waals surface area contributed by atoms with Crippen LogP contribution in [-0.2, 0) is 5.60 Å². The number of alkyl halides is 2. The standard InChI is InChI=1S/C16H24F2O2/c1-5-11(3)20-13-9-7-12(8-10-13)16(4,19)14(6-2)15(17)18/h7-11,14-15,19H,5-6H2,1-4H3. The molecule has 0 spiro atoms. The Morgan fingerprint density at radius 1 is 1.15 bits per heavy atom. The van der Waals surface area contributed by atoms with Crippen molar-refractivity contribution in [3.8, 4) is 5.75 Å². The minimum Gasteiger partial charge on any atom is -0.491 e. The van der Waals surface area contributed by atoms with Gasteiger partial charge in [-0.3, -0.25) is 0 Å². The number of hydrogen-bond donors (Lipinski definition) is 1. The second-order valence-electron chi connectivity index (χ2n) is 5.36. The third-order valence-electron chi connectivity index (χ3n) is 3.82. The molecule has 0 aromatic heterocycles. The van der Waals surface area contributed by atoms with E-state index in [1.165, 1.54) is 6.92 Å². The molecule has 0 aliphatic carbocycles. The van der Waals surface area contributed by atoms with Crippen molar-refractivity contribution in [3.63, 3.8) is 0 Å². The van der Waals surface area contributed by atoms with E-state index in [0.29, 0.717) is 11.3 Å². The average molecular weight is 286 g/mol. The van der Waals surface area contributed by atoms with Gasteiger partial charge in [-0.15, -0.1) is 0 Å². The van der Waals surface area contributed by atoms with E-state index in [2.05, 4.69) is 0 Å². The zero-order valence-electron chi connectivity index (χ0n) is 12.6. The van der Waals surface area contributed by atoms with Crippen LogP contribution in [0.3, 0.4) is 0 Å². The van der Waals surface area contributed by atoms with Gasteiger partial charge in [-0.2, -0.15) is 0 Å². The normalized spacial score (nSPS) is 17.6. The highest BCUT2D eigenvalue weighted by Crippen LogP contribution is 2.36. The van der Waals surface area contributed by atoms with Crippen LogP contribution in [0.15, 0.2) is 24.3 Å². The van der Waals surface area contributed by atoms with Crippen LogP contribution in [0.25, 0.3) is 0 Å². The molecular weight excluding hydrogens is 262 g/mol. The molecular formula is C16H24F2O2. The van der Waals surface area contributed by atoms with Gasteiger partial charge in [-0.05, 0) is 44.4 Å². The van der Waals surface area contributed by atoms with Crippen molar-refractivity contribution in [2.45, 2.75) is 58.7 Å². The summed E-state index contributed by atoms with van der Waals surface area (Å²) < 4.78 is 31.6. The lowest BCUT2D eigenvalue weighted by Gasteiger charge is -2.32. The van der Waals surface area contributed by atoms with E-state index in [1.807, 2.05) is 13.8 Å². The quantitative estimate of drug-likeness (QED) is 0.807. The topological polar surface area (TPSA) is 29.5 Å². The molecule has 0 heterocycles. The Morgan fingerprint density at radius 2 is 1.70 bits per heavy atom. The monoisotopic (exact) mass is 286 g/mol. The molecule has 0 bridgehead atoms. The molecule has 1 aromatic rings. The maximum Gasteiger partial charge on any atom is 0.244 e. The van der Waals surface area contributed by atoms with Crippen LogP contribution < -0.4 is 4.74 Å². The average Bonchev–Trinajstić information content (AvgIpc) is 2.39. The second kappa shape index (κ2) is 7.02. The summed E-state index contributed by atoms with van der Waals surface area (Å²) >= 11 is 0. The lowest BCUT2D eigenvalue weighted by atomic mass is 9.81. The molecule has 2 nitrogen and oxygen atoms in total. The van der Waals surface area contributed by atoms with E-state index in [1.54, 1.807) is 31.2 Å².